The van der Waals surface area contributed by atoms with Crippen molar-refractivity contribution in [3.8, 4) is 0 Å². The summed E-state index contributed by atoms with van der Waals surface area (Å²) in [6, 6.07) is 15.2. The molecule has 0 heterocycles. The fourth-order valence-electron chi connectivity index (χ4n) is 3.26. The summed E-state index contributed by atoms with van der Waals surface area (Å²) in [5.74, 6) is -0.396. The molecular weight excluding hydrogens is 296 g/mol. The summed E-state index contributed by atoms with van der Waals surface area (Å²) >= 11 is 0. The highest BCUT2D eigenvalue weighted by Crippen LogP contribution is 2.31. The van der Waals surface area contributed by atoms with Gasteiger partial charge in [0.15, 0.2) is 11.6 Å². The molecule has 2 aromatic carbocycles. The molecule has 24 heavy (non-hydrogen) atoms. The highest BCUT2D eigenvalue weighted by molar-refractivity contribution is 6.05. The number of ketones is 2. The van der Waals surface area contributed by atoms with E-state index in [0.717, 1.165) is 11.1 Å². The summed E-state index contributed by atoms with van der Waals surface area (Å²) in [5.41, 5.74) is 3.65. The van der Waals surface area contributed by atoms with E-state index < -0.39 is 0 Å². The van der Waals surface area contributed by atoms with Crippen molar-refractivity contribution < 1.29 is 9.59 Å². The van der Waals surface area contributed by atoms with E-state index in [2.05, 4.69) is 0 Å². The molecule has 0 saturated carbocycles. The smallest absolute Gasteiger partial charge is 0.166 e. The molecule has 2 atom stereocenters. The first kappa shape index (κ1) is 16.4. The summed E-state index contributed by atoms with van der Waals surface area (Å²) in [6.07, 6.45) is 5.31. The van der Waals surface area contributed by atoms with Gasteiger partial charge in [-0.05, 0) is 26.7 Å². The van der Waals surface area contributed by atoms with E-state index in [9.17, 15) is 9.59 Å². The maximum Gasteiger partial charge on any atom is 0.166 e. The number of hydrogen-bond acceptors (Lipinski definition) is 2. The third-order valence-electron chi connectivity index (χ3n) is 4.78. The molecular formula is C22H22O2. The second-order valence-corrected chi connectivity index (χ2v) is 6.62. The van der Waals surface area contributed by atoms with E-state index >= 15 is 0 Å². The van der Waals surface area contributed by atoms with Gasteiger partial charge in [0.1, 0.15) is 0 Å². The molecule has 3 rings (SSSR count). The minimum atomic E-state index is -0.272. The third-order valence-corrected chi connectivity index (χ3v) is 4.78. The number of carbonyl (C=O) groups is 2. The Labute approximate surface area is 143 Å². The second kappa shape index (κ2) is 6.96. The van der Waals surface area contributed by atoms with Gasteiger partial charge in [-0.25, -0.2) is 0 Å². The van der Waals surface area contributed by atoms with Crippen molar-refractivity contribution in [3.63, 3.8) is 0 Å². The maximum absolute atomic E-state index is 12.9. The van der Waals surface area contributed by atoms with Crippen LogP contribution < -0.4 is 0 Å². The van der Waals surface area contributed by atoms with Crippen LogP contribution in [0.25, 0.3) is 0 Å². The number of Topliss-reactive ketones (excluding diaryl/α,β-unsaturated/α-hetero) is 2. The Bertz CT molecular complexity index is 699. The average molecular weight is 318 g/mol. The van der Waals surface area contributed by atoms with E-state index in [1.807, 2.05) is 74.5 Å². The Morgan fingerprint density at radius 2 is 1.00 bits per heavy atom. The maximum atomic E-state index is 12.9. The van der Waals surface area contributed by atoms with E-state index in [-0.39, 0.29) is 23.4 Å². The minimum absolute atomic E-state index is 0.0739. The first-order chi connectivity index (χ1) is 11.6. The van der Waals surface area contributed by atoms with Crippen molar-refractivity contribution in [2.24, 2.45) is 11.8 Å². The molecule has 0 aliphatic heterocycles. The van der Waals surface area contributed by atoms with Gasteiger partial charge in [-0.2, -0.15) is 0 Å². The van der Waals surface area contributed by atoms with Gasteiger partial charge in [-0.1, -0.05) is 71.8 Å². The monoisotopic (exact) mass is 318 g/mol. The summed E-state index contributed by atoms with van der Waals surface area (Å²) in [7, 11) is 0. The van der Waals surface area contributed by atoms with Gasteiger partial charge in [0.05, 0.1) is 0 Å². The van der Waals surface area contributed by atoms with Crippen molar-refractivity contribution in [2.45, 2.75) is 26.7 Å². The van der Waals surface area contributed by atoms with Crippen LogP contribution >= 0.6 is 0 Å². The number of aryl methyl sites for hydroxylation is 2. The van der Waals surface area contributed by atoms with Crippen molar-refractivity contribution >= 4 is 11.6 Å². The molecule has 0 spiro atoms. The van der Waals surface area contributed by atoms with Crippen molar-refractivity contribution in [1.29, 1.82) is 0 Å². The van der Waals surface area contributed by atoms with Crippen LogP contribution in [0.5, 0.6) is 0 Å². The zero-order chi connectivity index (χ0) is 17.1. The van der Waals surface area contributed by atoms with Crippen LogP contribution in [-0.4, -0.2) is 11.6 Å². The van der Waals surface area contributed by atoms with Crippen LogP contribution in [0.4, 0.5) is 0 Å². The fraction of sp³-hybridized carbons (Fsp3) is 0.273. The Hall–Kier alpha value is -2.48. The van der Waals surface area contributed by atoms with Crippen LogP contribution in [0.1, 0.15) is 44.7 Å². The number of allylic oxidation sites excluding steroid dienone is 2. The topological polar surface area (TPSA) is 34.1 Å². The number of benzene rings is 2. The highest BCUT2D eigenvalue weighted by atomic mass is 16.1. The molecule has 0 radical (unpaired) electrons. The summed E-state index contributed by atoms with van der Waals surface area (Å²) in [4.78, 5) is 25.9. The van der Waals surface area contributed by atoms with Gasteiger partial charge in [0.2, 0.25) is 0 Å². The van der Waals surface area contributed by atoms with E-state index in [4.69, 9.17) is 0 Å². The predicted molar refractivity (Wildman–Crippen MR) is 96.4 cm³/mol. The van der Waals surface area contributed by atoms with Crippen molar-refractivity contribution in [1.82, 2.24) is 0 Å². The molecule has 2 nitrogen and oxygen atoms in total. The second-order valence-electron chi connectivity index (χ2n) is 6.62. The summed E-state index contributed by atoms with van der Waals surface area (Å²) in [6.45, 7) is 4.00. The first-order valence-electron chi connectivity index (χ1n) is 8.43. The van der Waals surface area contributed by atoms with E-state index in [0.29, 0.717) is 24.0 Å². The Balaban J connectivity index is 1.87. The molecule has 0 saturated heterocycles. The molecule has 1 aliphatic carbocycles. The third kappa shape index (κ3) is 3.38. The zero-order valence-corrected chi connectivity index (χ0v) is 14.2. The van der Waals surface area contributed by atoms with Crippen LogP contribution in [0.15, 0.2) is 60.7 Å². The fourth-order valence-corrected chi connectivity index (χ4v) is 3.26. The molecule has 0 fully saturated rings. The van der Waals surface area contributed by atoms with Gasteiger partial charge in [-0.3, -0.25) is 9.59 Å². The van der Waals surface area contributed by atoms with Gasteiger partial charge in [0, 0.05) is 23.0 Å². The summed E-state index contributed by atoms with van der Waals surface area (Å²) in [5, 5.41) is 0. The standard InChI is InChI=1S/C22H22O2/c1-15-7-11-17(12-8-15)21(23)19-5-3-4-6-20(19)22(24)18-13-9-16(2)10-14-18/h3-4,7-14,19-20H,5-6H2,1-2H3. The van der Waals surface area contributed by atoms with Crippen LogP contribution in [0.2, 0.25) is 0 Å². The molecule has 2 unspecified atom stereocenters. The molecule has 0 N–H and O–H groups in total. The van der Waals surface area contributed by atoms with Crippen molar-refractivity contribution in [3.05, 3.63) is 82.9 Å². The Morgan fingerprint density at radius 1 is 0.667 bits per heavy atom. The number of carbonyl (C=O) groups excluding carboxylic acids is 2. The molecule has 0 aromatic heterocycles. The summed E-state index contributed by atoms with van der Waals surface area (Å²) < 4.78 is 0. The Morgan fingerprint density at radius 3 is 1.33 bits per heavy atom. The van der Waals surface area contributed by atoms with Crippen LogP contribution in [-0.2, 0) is 0 Å². The Kier molecular flexibility index (Phi) is 4.75. The molecule has 0 bridgehead atoms. The molecule has 0 amide bonds. The zero-order valence-electron chi connectivity index (χ0n) is 14.2. The van der Waals surface area contributed by atoms with Crippen molar-refractivity contribution in [2.75, 3.05) is 0 Å². The largest absolute Gasteiger partial charge is 0.294 e. The number of rotatable bonds is 4. The quantitative estimate of drug-likeness (QED) is 0.590. The molecule has 122 valence electrons. The normalized spacial score (nSPS) is 19.9. The minimum Gasteiger partial charge on any atom is -0.294 e. The highest BCUT2D eigenvalue weighted by Gasteiger charge is 2.34. The number of hydrogen-bond donors (Lipinski definition) is 0. The van der Waals surface area contributed by atoms with Gasteiger partial charge in [-0.15, -0.1) is 0 Å². The average Bonchev–Trinajstić information content (AvgIpc) is 2.62. The van der Waals surface area contributed by atoms with Gasteiger partial charge in [0.25, 0.3) is 0 Å². The van der Waals surface area contributed by atoms with Gasteiger partial charge < -0.3 is 0 Å². The molecule has 1 aliphatic rings. The van der Waals surface area contributed by atoms with Crippen LogP contribution in [0, 0.1) is 25.7 Å². The lowest BCUT2D eigenvalue weighted by molar-refractivity contribution is 0.0761. The lowest BCUT2D eigenvalue weighted by atomic mass is 9.75. The van der Waals surface area contributed by atoms with Crippen LogP contribution in [0.3, 0.4) is 0 Å². The molecule has 2 heteroatoms. The lowest BCUT2D eigenvalue weighted by Gasteiger charge is -2.26. The first-order valence-corrected chi connectivity index (χ1v) is 8.43. The predicted octanol–water partition coefficient (Wildman–Crippen LogP) is 4.95. The van der Waals surface area contributed by atoms with E-state index in [1.54, 1.807) is 0 Å². The lowest BCUT2D eigenvalue weighted by Crippen LogP contribution is -2.31. The van der Waals surface area contributed by atoms with Gasteiger partial charge >= 0.3 is 0 Å². The van der Waals surface area contributed by atoms with E-state index in [1.165, 1.54) is 0 Å². The molecule has 2 aromatic rings. The SMILES string of the molecule is Cc1ccc(C(=O)C2CC=CCC2C(=O)c2ccc(C)cc2)cc1.